The topological polar surface area (TPSA) is 68.9 Å². The zero-order valence-corrected chi connectivity index (χ0v) is 11.6. The zero-order chi connectivity index (χ0) is 15.2. The maximum Gasteiger partial charge on any atom is 0.129 e. The molecule has 0 bridgehead atoms. The van der Waals surface area contributed by atoms with Gasteiger partial charge in [0, 0.05) is 30.5 Å². The number of nitrogens with one attached hydrogen (secondary N) is 1. The minimum atomic E-state index is -0.683. The molecule has 1 aromatic carbocycles. The molecule has 1 heterocycles. The quantitative estimate of drug-likeness (QED) is 0.885. The molecule has 0 aliphatic rings. The molecule has 4 nitrogen and oxygen atoms in total. The molecule has 0 aliphatic heterocycles. The first-order chi connectivity index (χ1) is 10.1. The monoisotopic (exact) mass is 285 g/mol. The molecule has 0 fully saturated rings. The van der Waals surface area contributed by atoms with E-state index in [2.05, 4.69) is 10.3 Å². The highest BCUT2D eigenvalue weighted by atomic mass is 19.1. The Morgan fingerprint density at radius 1 is 1.33 bits per heavy atom. The molecule has 2 unspecified atom stereocenters. The van der Waals surface area contributed by atoms with E-state index in [0.29, 0.717) is 17.7 Å². The third-order valence-electron chi connectivity index (χ3n) is 3.30. The van der Waals surface area contributed by atoms with Crippen molar-refractivity contribution in [2.24, 2.45) is 0 Å². The second-order valence-corrected chi connectivity index (χ2v) is 4.77. The van der Waals surface area contributed by atoms with Crippen LogP contribution in [0.5, 0.6) is 0 Å². The Morgan fingerprint density at radius 3 is 2.67 bits per heavy atom. The second-order valence-electron chi connectivity index (χ2n) is 4.77. The third kappa shape index (κ3) is 3.85. The van der Waals surface area contributed by atoms with Gasteiger partial charge < -0.3 is 10.4 Å². The van der Waals surface area contributed by atoms with Gasteiger partial charge in [-0.15, -0.1) is 0 Å². The van der Waals surface area contributed by atoms with Crippen LogP contribution in [0.2, 0.25) is 0 Å². The largest absolute Gasteiger partial charge is 0.387 e. The summed E-state index contributed by atoms with van der Waals surface area (Å²) >= 11 is 0. The Kier molecular flexibility index (Phi) is 4.99. The van der Waals surface area contributed by atoms with Crippen LogP contribution in [0.3, 0.4) is 0 Å². The summed E-state index contributed by atoms with van der Waals surface area (Å²) in [6, 6.07) is 9.48. The molecule has 2 rings (SSSR count). The van der Waals surface area contributed by atoms with Crippen LogP contribution in [0.25, 0.3) is 0 Å². The molecule has 1 aromatic heterocycles. The number of hydrogen-bond acceptors (Lipinski definition) is 4. The van der Waals surface area contributed by atoms with Crippen LogP contribution >= 0.6 is 0 Å². The lowest BCUT2D eigenvalue weighted by atomic mass is 10.0. The molecule has 0 radical (unpaired) electrons. The fraction of sp³-hybridized carbons (Fsp3) is 0.250. The van der Waals surface area contributed by atoms with E-state index in [-0.39, 0.29) is 6.04 Å². The van der Waals surface area contributed by atoms with Crippen molar-refractivity contribution in [3.05, 3.63) is 65.2 Å². The van der Waals surface area contributed by atoms with Gasteiger partial charge in [-0.3, -0.25) is 4.98 Å². The molecule has 0 saturated carbocycles. The van der Waals surface area contributed by atoms with Crippen LogP contribution in [0.1, 0.15) is 35.8 Å². The molecule has 0 aliphatic carbocycles. The van der Waals surface area contributed by atoms with Gasteiger partial charge in [-0.2, -0.15) is 5.26 Å². The fourth-order valence-corrected chi connectivity index (χ4v) is 2.05. The summed E-state index contributed by atoms with van der Waals surface area (Å²) in [5.74, 6) is -0.424. The predicted octanol–water partition coefficient (Wildman–Crippen LogP) is 2.48. The number of nitrogens with zero attached hydrogens (tertiary/aromatic N) is 2. The minimum Gasteiger partial charge on any atom is -0.387 e. The minimum absolute atomic E-state index is 0.269. The lowest BCUT2D eigenvalue weighted by molar-refractivity contribution is 0.170. The number of hydrogen-bond donors (Lipinski definition) is 2. The molecule has 0 spiro atoms. The Hall–Kier alpha value is -2.29. The van der Waals surface area contributed by atoms with Gasteiger partial charge in [0.1, 0.15) is 5.82 Å². The van der Waals surface area contributed by atoms with E-state index in [1.807, 2.05) is 13.0 Å². The third-order valence-corrected chi connectivity index (χ3v) is 3.30. The summed E-state index contributed by atoms with van der Waals surface area (Å²) in [4.78, 5) is 3.89. The maximum atomic E-state index is 13.9. The van der Waals surface area contributed by atoms with Crippen molar-refractivity contribution in [2.45, 2.75) is 19.1 Å². The fourth-order valence-electron chi connectivity index (χ4n) is 2.05. The van der Waals surface area contributed by atoms with Crippen molar-refractivity contribution in [3.8, 4) is 6.07 Å². The van der Waals surface area contributed by atoms with E-state index in [4.69, 9.17) is 5.26 Å². The van der Waals surface area contributed by atoms with Gasteiger partial charge in [-0.1, -0.05) is 6.07 Å². The van der Waals surface area contributed by atoms with Crippen molar-refractivity contribution >= 4 is 0 Å². The van der Waals surface area contributed by atoms with Crippen LogP contribution in [-0.2, 0) is 0 Å². The van der Waals surface area contributed by atoms with E-state index < -0.39 is 11.9 Å². The van der Waals surface area contributed by atoms with Gasteiger partial charge in [0.05, 0.1) is 17.7 Å². The summed E-state index contributed by atoms with van der Waals surface area (Å²) < 4.78 is 13.9. The number of aromatic nitrogens is 1. The van der Waals surface area contributed by atoms with Crippen LogP contribution in [0.15, 0.2) is 42.7 Å². The molecule has 0 amide bonds. The molecular formula is C16H16FN3O. The summed E-state index contributed by atoms with van der Waals surface area (Å²) in [5, 5.41) is 21.8. The van der Waals surface area contributed by atoms with E-state index in [0.717, 1.165) is 5.56 Å². The Bertz CT molecular complexity index is 640. The molecular weight excluding hydrogens is 269 g/mol. The number of pyridine rings is 1. The van der Waals surface area contributed by atoms with Crippen molar-refractivity contribution in [2.75, 3.05) is 6.54 Å². The van der Waals surface area contributed by atoms with E-state index in [9.17, 15) is 9.50 Å². The lowest BCUT2D eigenvalue weighted by Gasteiger charge is -2.18. The van der Waals surface area contributed by atoms with Crippen molar-refractivity contribution in [1.29, 1.82) is 5.26 Å². The molecule has 108 valence electrons. The zero-order valence-electron chi connectivity index (χ0n) is 11.6. The molecule has 0 saturated heterocycles. The highest BCUT2D eigenvalue weighted by Crippen LogP contribution is 2.19. The van der Waals surface area contributed by atoms with Crippen LogP contribution in [0.4, 0.5) is 4.39 Å². The van der Waals surface area contributed by atoms with Crippen LogP contribution < -0.4 is 5.32 Å². The van der Waals surface area contributed by atoms with Gasteiger partial charge >= 0.3 is 0 Å². The van der Waals surface area contributed by atoms with Crippen LogP contribution in [-0.4, -0.2) is 16.6 Å². The summed E-state index contributed by atoms with van der Waals surface area (Å²) in [6.07, 6.45) is 2.54. The molecule has 2 atom stereocenters. The number of halogens is 1. The smallest absolute Gasteiger partial charge is 0.129 e. The van der Waals surface area contributed by atoms with Gasteiger partial charge in [0.15, 0.2) is 0 Å². The maximum absolute atomic E-state index is 13.9. The Morgan fingerprint density at radius 2 is 2.05 bits per heavy atom. The molecule has 2 N–H and O–H groups in total. The second kappa shape index (κ2) is 6.93. The molecule has 5 heteroatoms. The highest BCUT2D eigenvalue weighted by molar-refractivity contribution is 5.34. The number of nitriles is 1. The Labute approximate surface area is 122 Å². The normalized spacial score (nSPS) is 13.4. The first kappa shape index (κ1) is 15.1. The van der Waals surface area contributed by atoms with Gasteiger partial charge in [0.25, 0.3) is 0 Å². The van der Waals surface area contributed by atoms with E-state index in [1.54, 1.807) is 36.7 Å². The first-order valence-corrected chi connectivity index (χ1v) is 6.62. The average molecular weight is 285 g/mol. The first-order valence-electron chi connectivity index (χ1n) is 6.62. The average Bonchev–Trinajstić information content (AvgIpc) is 2.52. The van der Waals surface area contributed by atoms with E-state index in [1.165, 1.54) is 6.07 Å². The highest BCUT2D eigenvalue weighted by Gasteiger charge is 2.13. The van der Waals surface area contributed by atoms with Gasteiger partial charge in [0.2, 0.25) is 0 Å². The van der Waals surface area contributed by atoms with Gasteiger partial charge in [-0.05, 0) is 36.8 Å². The Balaban J connectivity index is 1.99. The van der Waals surface area contributed by atoms with Crippen LogP contribution in [0, 0.1) is 17.1 Å². The number of rotatable bonds is 5. The predicted molar refractivity (Wildman–Crippen MR) is 76.7 cm³/mol. The van der Waals surface area contributed by atoms with Crippen molar-refractivity contribution in [3.63, 3.8) is 0 Å². The number of aliphatic hydroxyl groups is 1. The van der Waals surface area contributed by atoms with Crippen molar-refractivity contribution in [1.82, 2.24) is 10.3 Å². The molecule has 21 heavy (non-hydrogen) atoms. The standard InChI is InChI=1S/C16H16FN3O/c1-11(14-3-2-12(9-18)8-15(14)17)20-10-16(21)13-4-6-19-7-5-13/h2-8,11,16,20-21H,10H2,1H3. The number of aliphatic hydroxyl groups excluding tert-OH is 1. The summed E-state index contributed by atoms with van der Waals surface area (Å²) in [5.41, 5.74) is 1.51. The summed E-state index contributed by atoms with van der Waals surface area (Å²) in [6.45, 7) is 2.11. The van der Waals surface area contributed by atoms with E-state index >= 15 is 0 Å². The number of benzene rings is 1. The lowest BCUT2D eigenvalue weighted by Crippen LogP contribution is -2.25. The van der Waals surface area contributed by atoms with Crippen molar-refractivity contribution < 1.29 is 9.50 Å². The van der Waals surface area contributed by atoms with Gasteiger partial charge in [-0.25, -0.2) is 4.39 Å². The molecule has 2 aromatic rings. The summed E-state index contributed by atoms with van der Waals surface area (Å²) in [7, 11) is 0. The SMILES string of the molecule is CC(NCC(O)c1ccncc1)c1ccc(C#N)cc1F.